The maximum Gasteiger partial charge on any atom is 0.323 e. The minimum absolute atomic E-state index is 0.233. The summed E-state index contributed by atoms with van der Waals surface area (Å²) in [6.07, 6.45) is 0.419. The Morgan fingerprint density at radius 1 is 1.00 bits per heavy atom. The summed E-state index contributed by atoms with van der Waals surface area (Å²) >= 11 is 0. The molecule has 1 saturated heterocycles. The molecule has 0 aromatic heterocycles. The van der Waals surface area contributed by atoms with Gasteiger partial charge in [-0.25, -0.2) is 0 Å². The van der Waals surface area contributed by atoms with Crippen molar-refractivity contribution in [3.8, 4) is 0 Å². The number of likely N-dealkylation sites (tertiary alicyclic amines) is 1. The molecule has 142 valence electrons. The third kappa shape index (κ3) is 4.72. The highest BCUT2D eigenvalue weighted by atomic mass is 16.4. The fourth-order valence-corrected chi connectivity index (χ4v) is 3.60. The Bertz CT molecular complexity index is 725. The van der Waals surface area contributed by atoms with Crippen LogP contribution >= 0.6 is 0 Å². The monoisotopic (exact) mass is 368 g/mol. The maximum atomic E-state index is 12.9. The van der Waals surface area contributed by atoms with Gasteiger partial charge in [-0.2, -0.15) is 0 Å². The number of aliphatic hydroxyl groups excluding tert-OH is 1. The van der Waals surface area contributed by atoms with E-state index in [9.17, 15) is 14.7 Å². The first kappa shape index (κ1) is 19.1. The molecular formula is C21H24N2O4. The van der Waals surface area contributed by atoms with Crippen LogP contribution < -0.4 is 0 Å². The third-order valence-electron chi connectivity index (χ3n) is 4.92. The van der Waals surface area contributed by atoms with Gasteiger partial charge in [0.15, 0.2) is 0 Å². The van der Waals surface area contributed by atoms with Crippen molar-refractivity contribution in [3.63, 3.8) is 0 Å². The van der Waals surface area contributed by atoms with E-state index >= 15 is 0 Å². The molecular weight excluding hydrogens is 344 g/mol. The topological polar surface area (TPSA) is 81.1 Å². The molecule has 1 aliphatic heterocycles. The molecule has 0 radical (unpaired) electrons. The standard InChI is InChI=1S/C21H24N2O4/c24-15-18-11-19(21(27)23(18)14-20(25)26)22(12-16-7-3-1-4-8-16)13-17-9-5-2-6-10-17/h1-10,18-19,24H,11-15H2,(H,25,26)/t18-,19-/m0/s1. The zero-order chi connectivity index (χ0) is 19.2. The number of hydrogen-bond donors (Lipinski definition) is 2. The van der Waals surface area contributed by atoms with Crippen molar-refractivity contribution in [1.29, 1.82) is 0 Å². The van der Waals surface area contributed by atoms with Gasteiger partial charge in [-0.3, -0.25) is 14.5 Å². The lowest BCUT2D eigenvalue weighted by Crippen LogP contribution is -2.43. The van der Waals surface area contributed by atoms with Crippen molar-refractivity contribution in [2.75, 3.05) is 13.2 Å². The van der Waals surface area contributed by atoms with Gasteiger partial charge in [-0.1, -0.05) is 60.7 Å². The van der Waals surface area contributed by atoms with Crippen molar-refractivity contribution >= 4 is 11.9 Å². The number of nitrogens with zero attached hydrogens (tertiary/aromatic N) is 2. The molecule has 2 N–H and O–H groups in total. The minimum Gasteiger partial charge on any atom is -0.480 e. The van der Waals surface area contributed by atoms with E-state index in [1.807, 2.05) is 60.7 Å². The largest absolute Gasteiger partial charge is 0.480 e. The van der Waals surface area contributed by atoms with Gasteiger partial charge in [0.2, 0.25) is 5.91 Å². The van der Waals surface area contributed by atoms with Gasteiger partial charge >= 0.3 is 5.97 Å². The molecule has 6 nitrogen and oxygen atoms in total. The Morgan fingerprint density at radius 2 is 1.52 bits per heavy atom. The van der Waals surface area contributed by atoms with Crippen molar-refractivity contribution in [2.24, 2.45) is 0 Å². The second-order valence-electron chi connectivity index (χ2n) is 6.82. The highest BCUT2D eigenvalue weighted by molar-refractivity contribution is 5.87. The van der Waals surface area contributed by atoms with Gasteiger partial charge in [0.25, 0.3) is 0 Å². The minimum atomic E-state index is -1.07. The predicted octanol–water partition coefficient (Wildman–Crippen LogP) is 1.74. The van der Waals surface area contributed by atoms with Gasteiger partial charge in [0.1, 0.15) is 6.54 Å². The van der Waals surface area contributed by atoms with Gasteiger partial charge in [-0.05, 0) is 17.5 Å². The summed E-state index contributed by atoms with van der Waals surface area (Å²) in [5.74, 6) is -1.30. The van der Waals surface area contributed by atoms with Crippen LogP contribution in [0.2, 0.25) is 0 Å². The number of benzene rings is 2. The average molecular weight is 368 g/mol. The molecule has 0 unspecified atom stereocenters. The van der Waals surface area contributed by atoms with Crippen LogP contribution in [0.15, 0.2) is 60.7 Å². The lowest BCUT2D eigenvalue weighted by molar-refractivity contribution is -0.145. The van der Waals surface area contributed by atoms with Gasteiger partial charge in [-0.15, -0.1) is 0 Å². The van der Waals surface area contributed by atoms with E-state index in [0.717, 1.165) is 11.1 Å². The summed E-state index contributed by atoms with van der Waals surface area (Å²) in [6.45, 7) is 0.529. The fourth-order valence-electron chi connectivity index (χ4n) is 3.60. The Morgan fingerprint density at radius 3 is 1.96 bits per heavy atom. The molecule has 6 heteroatoms. The first-order valence-electron chi connectivity index (χ1n) is 9.03. The molecule has 3 rings (SSSR count). The average Bonchev–Trinajstić information content (AvgIpc) is 2.98. The summed E-state index contributed by atoms with van der Waals surface area (Å²) in [5, 5.41) is 18.8. The van der Waals surface area contributed by atoms with Crippen molar-refractivity contribution in [3.05, 3.63) is 71.8 Å². The molecule has 0 saturated carbocycles. The Kier molecular flexibility index (Phi) is 6.21. The summed E-state index contributed by atoms with van der Waals surface area (Å²) < 4.78 is 0. The number of carboxylic acids is 1. The van der Waals surface area contributed by atoms with Crippen LogP contribution in [0, 0.1) is 0 Å². The normalized spacial score (nSPS) is 19.6. The summed E-state index contributed by atoms with van der Waals surface area (Å²) in [5.41, 5.74) is 2.16. The van der Waals surface area contributed by atoms with Crippen LogP contribution in [-0.2, 0) is 22.7 Å². The smallest absolute Gasteiger partial charge is 0.323 e. The first-order chi connectivity index (χ1) is 13.1. The maximum absolute atomic E-state index is 12.9. The van der Waals surface area contributed by atoms with Crippen LogP contribution in [0.1, 0.15) is 17.5 Å². The molecule has 1 fully saturated rings. The number of aliphatic hydroxyl groups is 1. The zero-order valence-electron chi connectivity index (χ0n) is 15.1. The first-order valence-corrected chi connectivity index (χ1v) is 9.03. The molecule has 0 bridgehead atoms. The van der Waals surface area contributed by atoms with E-state index in [4.69, 9.17) is 5.11 Å². The molecule has 2 atom stereocenters. The Balaban J connectivity index is 1.85. The molecule has 0 spiro atoms. The molecule has 1 amide bonds. The fraction of sp³-hybridized carbons (Fsp3) is 0.333. The summed E-state index contributed by atoms with van der Waals surface area (Å²) in [7, 11) is 0. The van der Waals surface area contributed by atoms with Gasteiger partial charge in [0, 0.05) is 13.1 Å². The van der Waals surface area contributed by atoms with E-state index in [1.165, 1.54) is 4.90 Å². The molecule has 2 aromatic carbocycles. The van der Waals surface area contributed by atoms with E-state index in [2.05, 4.69) is 4.90 Å². The summed E-state index contributed by atoms with van der Waals surface area (Å²) in [6, 6.07) is 18.8. The van der Waals surface area contributed by atoms with Crippen LogP contribution in [0.25, 0.3) is 0 Å². The molecule has 27 heavy (non-hydrogen) atoms. The lowest BCUT2D eigenvalue weighted by atomic mass is 10.1. The Labute approximate surface area is 158 Å². The second-order valence-corrected chi connectivity index (χ2v) is 6.82. The highest BCUT2D eigenvalue weighted by Crippen LogP contribution is 2.26. The predicted molar refractivity (Wildman–Crippen MR) is 101 cm³/mol. The third-order valence-corrected chi connectivity index (χ3v) is 4.92. The van der Waals surface area contributed by atoms with Crippen LogP contribution in [-0.4, -0.2) is 57.1 Å². The van der Waals surface area contributed by atoms with E-state index < -0.39 is 18.1 Å². The van der Waals surface area contributed by atoms with E-state index in [0.29, 0.717) is 19.5 Å². The number of carboxylic acid groups (broad SMARTS) is 1. The van der Waals surface area contributed by atoms with Crippen LogP contribution in [0.3, 0.4) is 0 Å². The van der Waals surface area contributed by atoms with Crippen molar-refractivity contribution in [1.82, 2.24) is 9.80 Å². The van der Waals surface area contributed by atoms with Gasteiger partial charge < -0.3 is 15.1 Å². The molecule has 1 heterocycles. The number of carbonyl (C=O) groups is 2. The zero-order valence-corrected chi connectivity index (χ0v) is 15.1. The quantitative estimate of drug-likeness (QED) is 0.742. The summed E-state index contributed by atoms with van der Waals surface area (Å²) in [4.78, 5) is 27.4. The number of carbonyl (C=O) groups excluding carboxylic acids is 1. The van der Waals surface area contributed by atoms with Gasteiger partial charge in [0.05, 0.1) is 18.7 Å². The number of amides is 1. The second kappa shape index (κ2) is 8.79. The SMILES string of the molecule is O=C(O)CN1C(=O)[C@@H](N(Cc2ccccc2)Cc2ccccc2)C[C@H]1CO. The number of rotatable bonds is 8. The highest BCUT2D eigenvalue weighted by Gasteiger charge is 2.42. The molecule has 0 aliphatic carbocycles. The van der Waals surface area contributed by atoms with E-state index in [1.54, 1.807) is 0 Å². The van der Waals surface area contributed by atoms with Crippen molar-refractivity contribution in [2.45, 2.75) is 31.6 Å². The Hall–Kier alpha value is -2.70. The number of aliphatic carboxylic acids is 1. The van der Waals surface area contributed by atoms with E-state index in [-0.39, 0.29) is 19.1 Å². The van der Waals surface area contributed by atoms with Crippen LogP contribution in [0.5, 0.6) is 0 Å². The van der Waals surface area contributed by atoms with Crippen LogP contribution in [0.4, 0.5) is 0 Å². The van der Waals surface area contributed by atoms with Crippen molar-refractivity contribution < 1.29 is 19.8 Å². The molecule has 2 aromatic rings. The lowest BCUT2D eigenvalue weighted by Gasteiger charge is -2.28. The molecule has 1 aliphatic rings. The number of hydrogen-bond acceptors (Lipinski definition) is 4.